The van der Waals surface area contributed by atoms with Gasteiger partial charge in [0.25, 0.3) is 17.3 Å². The summed E-state index contributed by atoms with van der Waals surface area (Å²) in [5, 5.41) is 21.8. The second kappa shape index (κ2) is 9.39. The Morgan fingerprint density at radius 1 is 0.935 bits per heavy atom. The Morgan fingerprint density at radius 2 is 1.39 bits per heavy atom. The second-order valence-corrected chi connectivity index (χ2v) is 6.28. The first-order valence-electron chi connectivity index (χ1n) is 8.68. The Bertz CT molecular complexity index is 1060. The molecular formula is C20H17N3O8. The Balaban J connectivity index is 2.60. The smallest absolute Gasteiger partial charge is 0.417 e. The van der Waals surface area contributed by atoms with E-state index < -0.39 is 33.7 Å². The van der Waals surface area contributed by atoms with E-state index in [9.17, 15) is 34.6 Å². The molecule has 0 aromatic heterocycles. The molecule has 2 rings (SSSR count). The second-order valence-electron chi connectivity index (χ2n) is 6.28. The fraction of sp³-hybridized carbons (Fsp3) is 0.150. The highest BCUT2D eigenvalue weighted by atomic mass is 16.6. The van der Waals surface area contributed by atoms with Crippen LogP contribution in [0, 0.1) is 20.2 Å². The zero-order chi connectivity index (χ0) is 23.3. The molecule has 31 heavy (non-hydrogen) atoms. The minimum Gasteiger partial charge on any atom is -0.452 e. The summed E-state index contributed by atoms with van der Waals surface area (Å²) < 4.78 is 4.71. The van der Waals surface area contributed by atoms with Gasteiger partial charge in [0.2, 0.25) is 0 Å². The van der Waals surface area contributed by atoms with Crippen LogP contribution in [-0.2, 0) is 9.53 Å². The molecule has 0 N–H and O–H groups in total. The monoisotopic (exact) mass is 427 g/mol. The predicted octanol–water partition coefficient (Wildman–Crippen LogP) is 3.60. The Kier molecular flexibility index (Phi) is 6.93. The van der Waals surface area contributed by atoms with Crippen molar-refractivity contribution in [2.24, 2.45) is 0 Å². The number of carbonyl (C=O) groups is 3. The highest BCUT2D eigenvalue weighted by Gasteiger charge is 2.36. The van der Waals surface area contributed by atoms with Gasteiger partial charge in [-0.2, -0.15) is 0 Å². The van der Waals surface area contributed by atoms with E-state index in [1.165, 1.54) is 19.1 Å². The number of nitro groups is 2. The molecule has 0 spiro atoms. The van der Waals surface area contributed by atoms with Gasteiger partial charge in [0, 0.05) is 35.4 Å². The van der Waals surface area contributed by atoms with Gasteiger partial charge in [0.15, 0.2) is 5.78 Å². The van der Waals surface area contributed by atoms with Gasteiger partial charge in [-0.1, -0.05) is 6.58 Å². The summed E-state index contributed by atoms with van der Waals surface area (Å²) in [7, 11) is 1.03. The molecule has 2 aromatic carbocycles. The number of hydrogen-bond acceptors (Lipinski definition) is 8. The van der Waals surface area contributed by atoms with Gasteiger partial charge in [0.1, 0.15) is 0 Å². The number of carbonyl (C=O) groups excluding carboxylic acids is 3. The largest absolute Gasteiger partial charge is 0.452 e. The summed E-state index contributed by atoms with van der Waals surface area (Å²) in [4.78, 5) is 58.9. The fourth-order valence-corrected chi connectivity index (χ4v) is 2.75. The summed E-state index contributed by atoms with van der Waals surface area (Å²) in [6, 6.07) is 8.04. The highest BCUT2D eigenvalue weighted by Crippen LogP contribution is 2.32. The van der Waals surface area contributed by atoms with Crippen LogP contribution in [0.15, 0.2) is 60.7 Å². The Labute approximate surface area is 175 Å². The third kappa shape index (κ3) is 4.96. The molecule has 11 heteroatoms. The average molecular weight is 427 g/mol. The first-order valence-corrected chi connectivity index (χ1v) is 8.68. The van der Waals surface area contributed by atoms with Gasteiger partial charge in [-0.25, -0.2) is 9.69 Å². The highest BCUT2D eigenvalue weighted by molar-refractivity contribution is 6.05. The van der Waals surface area contributed by atoms with Gasteiger partial charge in [-0.05, 0) is 36.8 Å². The molecule has 0 bridgehead atoms. The van der Waals surface area contributed by atoms with Crippen LogP contribution >= 0.6 is 0 Å². The van der Waals surface area contributed by atoms with Crippen LogP contribution < -0.4 is 0 Å². The number of ether oxygens (including phenoxy) is 1. The topological polar surface area (TPSA) is 150 Å². The number of benzene rings is 2. The van der Waals surface area contributed by atoms with Gasteiger partial charge in [-0.3, -0.25) is 29.8 Å². The maximum atomic E-state index is 13.1. The number of imide groups is 1. The lowest BCUT2D eigenvalue weighted by atomic mass is 9.95. The molecule has 2 aromatic rings. The lowest BCUT2D eigenvalue weighted by Crippen LogP contribution is -2.41. The zero-order valence-corrected chi connectivity index (χ0v) is 16.5. The number of nitro benzene ring substituents is 2. The molecule has 0 aliphatic heterocycles. The van der Waals surface area contributed by atoms with E-state index in [-0.39, 0.29) is 28.1 Å². The van der Waals surface area contributed by atoms with Crippen molar-refractivity contribution in [3.63, 3.8) is 0 Å². The minimum atomic E-state index is -1.33. The van der Waals surface area contributed by atoms with Crippen LogP contribution in [0.1, 0.15) is 28.9 Å². The van der Waals surface area contributed by atoms with Crippen molar-refractivity contribution in [3.05, 3.63) is 92.0 Å². The van der Waals surface area contributed by atoms with Crippen molar-refractivity contribution in [3.8, 4) is 0 Å². The van der Waals surface area contributed by atoms with Crippen LogP contribution in [0.25, 0.3) is 0 Å². The molecular weight excluding hydrogens is 410 g/mol. The number of nitrogens with zero attached hydrogens (tertiary/aromatic N) is 3. The van der Waals surface area contributed by atoms with E-state index in [0.29, 0.717) is 4.90 Å². The number of hydrogen-bond donors (Lipinski definition) is 0. The molecule has 0 saturated heterocycles. The first-order chi connectivity index (χ1) is 14.6. The lowest BCUT2D eigenvalue weighted by Gasteiger charge is -2.30. The van der Waals surface area contributed by atoms with Crippen LogP contribution in [0.5, 0.6) is 0 Å². The fourth-order valence-electron chi connectivity index (χ4n) is 2.75. The van der Waals surface area contributed by atoms with E-state index in [4.69, 9.17) is 4.74 Å². The number of Topliss-reactive ketones (excluding diaryl/α,β-unsaturated/α-hetero) is 1. The number of rotatable bonds is 7. The molecule has 160 valence electrons. The van der Waals surface area contributed by atoms with Crippen molar-refractivity contribution in [2.75, 3.05) is 7.11 Å². The van der Waals surface area contributed by atoms with E-state index >= 15 is 0 Å². The van der Waals surface area contributed by atoms with E-state index in [2.05, 4.69) is 6.58 Å². The standard InChI is InChI=1S/C20H17N3O8/c1-12(13(2)24)18(14-4-8-16(9-5-14)22(27)28)21(20(26)31-3)19(25)15-6-10-17(11-7-15)23(29)30/h4-11,18H,1H2,2-3H3. The van der Waals surface area contributed by atoms with Crippen molar-refractivity contribution >= 4 is 29.2 Å². The van der Waals surface area contributed by atoms with Crippen molar-refractivity contribution in [1.82, 2.24) is 4.90 Å². The molecule has 0 heterocycles. The molecule has 1 unspecified atom stereocenters. The third-order valence-electron chi connectivity index (χ3n) is 4.38. The molecule has 1 atom stereocenters. The van der Waals surface area contributed by atoms with E-state index in [0.717, 1.165) is 43.5 Å². The predicted molar refractivity (Wildman–Crippen MR) is 107 cm³/mol. The number of amides is 2. The first kappa shape index (κ1) is 22.9. The maximum Gasteiger partial charge on any atom is 0.417 e. The summed E-state index contributed by atoms with van der Waals surface area (Å²) in [5.41, 5.74) is -0.524. The van der Waals surface area contributed by atoms with Crippen molar-refractivity contribution < 1.29 is 29.0 Å². The summed E-state index contributed by atoms with van der Waals surface area (Å²) in [6.07, 6.45) is -1.12. The van der Waals surface area contributed by atoms with Gasteiger partial charge in [-0.15, -0.1) is 0 Å². The van der Waals surface area contributed by atoms with Gasteiger partial charge >= 0.3 is 6.09 Å². The maximum absolute atomic E-state index is 13.1. The SMILES string of the molecule is C=C(C(C)=O)C(c1ccc([N+](=O)[O-])cc1)N(C(=O)OC)C(=O)c1ccc([N+](=O)[O-])cc1. The summed E-state index contributed by atoms with van der Waals surface area (Å²) in [5.74, 6) is -1.44. The van der Waals surface area contributed by atoms with Crippen LogP contribution in [-0.4, -0.2) is 39.6 Å². The molecule has 0 radical (unpaired) electrons. The summed E-state index contributed by atoms with van der Waals surface area (Å²) >= 11 is 0. The number of methoxy groups -OCH3 is 1. The van der Waals surface area contributed by atoms with Crippen LogP contribution in [0.2, 0.25) is 0 Å². The van der Waals surface area contributed by atoms with E-state index in [1.807, 2.05) is 0 Å². The van der Waals surface area contributed by atoms with Crippen molar-refractivity contribution in [2.45, 2.75) is 13.0 Å². The third-order valence-corrected chi connectivity index (χ3v) is 4.38. The van der Waals surface area contributed by atoms with Gasteiger partial charge < -0.3 is 4.74 Å². The molecule has 11 nitrogen and oxygen atoms in total. The summed E-state index contributed by atoms with van der Waals surface area (Å²) in [6.45, 7) is 4.85. The van der Waals surface area contributed by atoms with E-state index in [1.54, 1.807) is 0 Å². The van der Waals surface area contributed by atoms with Gasteiger partial charge in [0.05, 0.1) is 23.0 Å². The quantitative estimate of drug-likeness (QED) is 0.369. The van der Waals surface area contributed by atoms with Crippen molar-refractivity contribution in [1.29, 1.82) is 0 Å². The zero-order valence-electron chi connectivity index (χ0n) is 16.5. The molecule has 0 aliphatic rings. The molecule has 0 saturated carbocycles. The normalized spacial score (nSPS) is 11.2. The number of non-ortho nitro benzene ring substituents is 2. The van der Waals surface area contributed by atoms with Crippen LogP contribution in [0.3, 0.4) is 0 Å². The molecule has 2 amide bonds. The van der Waals surface area contributed by atoms with Crippen LogP contribution in [0.4, 0.5) is 16.2 Å². The Morgan fingerprint density at radius 3 is 1.77 bits per heavy atom. The number of ketones is 1. The Hall–Kier alpha value is -4.41. The molecule has 0 fully saturated rings. The minimum absolute atomic E-state index is 0.0840. The average Bonchev–Trinajstić information content (AvgIpc) is 2.76. The lowest BCUT2D eigenvalue weighted by molar-refractivity contribution is -0.385. The molecule has 0 aliphatic carbocycles.